The molecule has 1 aromatic carbocycles. The van der Waals surface area contributed by atoms with Crippen LogP contribution in [0.5, 0.6) is 0 Å². The summed E-state index contributed by atoms with van der Waals surface area (Å²) in [6.45, 7) is 3.58. The van der Waals surface area contributed by atoms with E-state index in [1.807, 2.05) is 21.9 Å². The molecule has 4 heterocycles. The van der Waals surface area contributed by atoms with Crippen LogP contribution in [0.15, 0.2) is 35.3 Å². The summed E-state index contributed by atoms with van der Waals surface area (Å²) >= 11 is 0. The van der Waals surface area contributed by atoms with Crippen molar-refractivity contribution in [2.24, 2.45) is 5.92 Å². The average molecular weight is 339 g/mol. The maximum absolute atomic E-state index is 13.2. The molecule has 3 aliphatic heterocycles. The highest BCUT2D eigenvalue weighted by Gasteiger charge is 2.38. The maximum Gasteiger partial charge on any atom is 0.256 e. The first-order valence-electron chi connectivity index (χ1n) is 8.71. The van der Waals surface area contributed by atoms with Gasteiger partial charge in [0.15, 0.2) is 0 Å². The van der Waals surface area contributed by atoms with Crippen LogP contribution in [0, 0.1) is 5.92 Å². The number of fused-ring (bicyclic) bond motifs is 5. The topological polar surface area (TPSA) is 73.5 Å². The van der Waals surface area contributed by atoms with E-state index >= 15 is 0 Å². The molecule has 2 amide bonds. The normalized spacial score (nSPS) is 22.9. The number of nitrogens with zero attached hydrogens (tertiary/aromatic N) is 2. The van der Waals surface area contributed by atoms with Crippen molar-refractivity contribution in [1.82, 2.24) is 14.8 Å². The van der Waals surface area contributed by atoms with Crippen LogP contribution < -0.4 is 5.56 Å². The largest absolute Gasteiger partial charge is 0.341 e. The van der Waals surface area contributed by atoms with E-state index in [1.165, 1.54) is 6.20 Å². The van der Waals surface area contributed by atoms with Gasteiger partial charge in [-0.25, -0.2) is 0 Å². The van der Waals surface area contributed by atoms with Gasteiger partial charge in [-0.15, -0.1) is 0 Å². The molecule has 3 saturated heterocycles. The first-order chi connectivity index (χ1) is 12.0. The van der Waals surface area contributed by atoms with Crippen LogP contribution in [-0.2, 0) is 4.79 Å². The lowest BCUT2D eigenvalue weighted by Gasteiger charge is -2.36. The van der Waals surface area contributed by atoms with Gasteiger partial charge in [0.2, 0.25) is 5.91 Å². The van der Waals surface area contributed by atoms with E-state index in [0.717, 1.165) is 19.4 Å². The van der Waals surface area contributed by atoms with E-state index in [9.17, 15) is 14.4 Å². The van der Waals surface area contributed by atoms with Crippen molar-refractivity contribution >= 4 is 22.6 Å². The van der Waals surface area contributed by atoms with Gasteiger partial charge in [-0.05, 0) is 24.8 Å². The van der Waals surface area contributed by atoms with Crippen molar-refractivity contribution in [1.29, 1.82) is 0 Å². The molecule has 1 aromatic heterocycles. The minimum absolute atomic E-state index is 0.0424. The molecule has 1 N–H and O–H groups in total. The third-order valence-corrected chi connectivity index (χ3v) is 5.46. The number of piperidine rings is 1. The number of nitrogens with one attached hydrogen (secondary N) is 1. The summed E-state index contributed by atoms with van der Waals surface area (Å²) in [5.41, 5.74) is 0.337. The molecule has 3 fully saturated rings. The first kappa shape index (κ1) is 15.9. The fourth-order valence-electron chi connectivity index (χ4n) is 4.13. The predicted molar refractivity (Wildman–Crippen MR) is 94.4 cm³/mol. The average Bonchev–Trinajstić information content (AvgIpc) is 2.94. The number of H-pyrrole nitrogens is 1. The van der Waals surface area contributed by atoms with Gasteiger partial charge in [0.05, 0.1) is 5.56 Å². The highest BCUT2D eigenvalue weighted by molar-refractivity contribution is 6.06. The summed E-state index contributed by atoms with van der Waals surface area (Å²) < 4.78 is 0. The summed E-state index contributed by atoms with van der Waals surface area (Å²) in [7, 11) is 0. The second-order valence-corrected chi connectivity index (χ2v) is 7.06. The highest BCUT2D eigenvalue weighted by atomic mass is 16.2. The third kappa shape index (κ3) is 2.71. The Bertz CT molecular complexity index is 904. The minimum atomic E-state index is -0.188. The van der Waals surface area contributed by atoms with Crippen molar-refractivity contribution < 1.29 is 9.59 Å². The molecule has 0 unspecified atom stereocenters. The molecule has 3 aliphatic rings. The number of aromatic nitrogens is 1. The Kier molecular flexibility index (Phi) is 3.82. The lowest BCUT2D eigenvalue weighted by Crippen LogP contribution is -2.47. The van der Waals surface area contributed by atoms with E-state index in [0.29, 0.717) is 35.3 Å². The van der Waals surface area contributed by atoms with Gasteiger partial charge in [0.25, 0.3) is 11.5 Å². The van der Waals surface area contributed by atoms with Crippen molar-refractivity contribution in [3.63, 3.8) is 0 Å². The molecular formula is C19H21N3O3. The summed E-state index contributed by atoms with van der Waals surface area (Å²) in [6, 6.07) is 7.22. The molecule has 2 aromatic rings. The number of hydrogen-bond donors (Lipinski definition) is 1. The number of carbonyl (C=O) groups is 2. The van der Waals surface area contributed by atoms with Gasteiger partial charge in [0, 0.05) is 49.6 Å². The Morgan fingerprint density at radius 2 is 1.84 bits per heavy atom. The molecule has 5 rings (SSSR count). The van der Waals surface area contributed by atoms with Crippen molar-refractivity contribution in [2.45, 2.75) is 25.8 Å². The molecule has 0 spiro atoms. The molecule has 0 saturated carbocycles. The summed E-state index contributed by atoms with van der Waals surface area (Å²) in [6.07, 6.45) is 3.49. The van der Waals surface area contributed by atoms with Crippen LogP contribution in [0.25, 0.3) is 10.8 Å². The van der Waals surface area contributed by atoms with Crippen LogP contribution in [0.3, 0.4) is 0 Å². The van der Waals surface area contributed by atoms with Gasteiger partial charge in [0.1, 0.15) is 0 Å². The zero-order valence-corrected chi connectivity index (χ0v) is 14.2. The van der Waals surface area contributed by atoms with Crippen LogP contribution >= 0.6 is 0 Å². The van der Waals surface area contributed by atoms with E-state index < -0.39 is 0 Å². The molecular weight excluding hydrogens is 318 g/mol. The summed E-state index contributed by atoms with van der Waals surface area (Å²) in [5.74, 6) is 0.328. The predicted octanol–water partition coefficient (Wildman–Crippen LogP) is 1.61. The molecule has 2 atom stereocenters. The Morgan fingerprint density at radius 3 is 2.60 bits per heavy atom. The van der Waals surface area contributed by atoms with Crippen LogP contribution in [0.4, 0.5) is 0 Å². The van der Waals surface area contributed by atoms with Crippen LogP contribution in [-0.4, -0.2) is 52.3 Å². The fraction of sp³-hybridized carbons (Fsp3) is 0.421. The first-order valence-corrected chi connectivity index (χ1v) is 8.71. The van der Waals surface area contributed by atoms with Crippen molar-refractivity contribution in [3.05, 3.63) is 46.4 Å². The SMILES string of the molecule is CC(=O)N1C[C@@H]2CC[C@H](C1)N(C(=O)c1c[nH]c(=O)c3ccccc13)C2. The zero-order chi connectivity index (χ0) is 17.6. The van der Waals surface area contributed by atoms with Gasteiger partial charge in [-0.1, -0.05) is 18.2 Å². The third-order valence-electron chi connectivity index (χ3n) is 5.46. The molecule has 0 aliphatic carbocycles. The Hall–Kier alpha value is -2.63. The Morgan fingerprint density at radius 1 is 1.08 bits per heavy atom. The number of benzene rings is 1. The van der Waals surface area contributed by atoms with Crippen molar-refractivity contribution in [3.8, 4) is 0 Å². The summed E-state index contributed by atoms with van der Waals surface area (Å²) in [5, 5.41) is 1.21. The second kappa shape index (κ2) is 6.02. The number of hydrogen-bond acceptors (Lipinski definition) is 3. The quantitative estimate of drug-likeness (QED) is 0.858. The highest BCUT2D eigenvalue weighted by Crippen LogP contribution is 2.30. The molecule has 25 heavy (non-hydrogen) atoms. The van der Waals surface area contributed by atoms with E-state index in [1.54, 1.807) is 19.1 Å². The maximum atomic E-state index is 13.2. The molecule has 6 heteroatoms. The minimum Gasteiger partial charge on any atom is -0.341 e. The van der Waals surface area contributed by atoms with Crippen LogP contribution in [0.2, 0.25) is 0 Å². The number of carbonyl (C=O) groups excluding carboxylic acids is 2. The van der Waals surface area contributed by atoms with E-state index in [-0.39, 0.29) is 23.4 Å². The van der Waals surface area contributed by atoms with Gasteiger partial charge in [-0.2, -0.15) is 0 Å². The number of aromatic amines is 1. The standard InChI is InChI=1S/C19H21N3O3/c1-12(23)21-9-13-6-7-14(11-21)22(10-13)19(25)17-8-20-18(24)16-5-3-2-4-15(16)17/h2-5,8,13-14H,6-7,9-11H2,1H3,(H,20,24)/t13-,14+/m0/s1. The van der Waals surface area contributed by atoms with E-state index in [4.69, 9.17) is 0 Å². The smallest absolute Gasteiger partial charge is 0.256 e. The molecule has 6 nitrogen and oxygen atoms in total. The zero-order valence-electron chi connectivity index (χ0n) is 14.2. The molecule has 0 radical (unpaired) electrons. The molecule has 2 bridgehead atoms. The van der Waals surface area contributed by atoms with Gasteiger partial charge in [-0.3, -0.25) is 14.4 Å². The Labute approximate surface area is 145 Å². The Balaban J connectivity index is 1.71. The summed E-state index contributed by atoms with van der Waals surface area (Å²) in [4.78, 5) is 43.5. The number of pyridine rings is 1. The van der Waals surface area contributed by atoms with Gasteiger partial charge < -0.3 is 14.8 Å². The van der Waals surface area contributed by atoms with Gasteiger partial charge >= 0.3 is 0 Å². The molecule has 130 valence electrons. The fourth-order valence-corrected chi connectivity index (χ4v) is 4.13. The van der Waals surface area contributed by atoms with Crippen molar-refractivity contribution in [2.75, 3.05) is 19.6 Å². The number of rotatable bonds is 1. The number of amides is 2. The second-order valence-electron chi connectivity index (χ2n) is 7.06. The lowest BCUT2D eigenvalue weighted by atomic mass is 9.94. The monoisotopic (exact) mass is 339 g/mol. The van der Waals surface area contributed by atoms with Crippen LogP contribution in [0.1, 0.15) is 30.1 Å². The lowest BCUT2D eigenvalue weighted by molar-refractivity contribution is -0.129. The van der Waals surface area contributed by atoms with E-state index in [2.05, 4.69) is 4.98 Å².